The van der Waals surface area contributed by atoms with Crippen molar-refractivity contribution < 1.29 is 4.74 Å². The standard InChI is InChI=1S/C16H29N3O/c1-6-16(7-2,8-3)19-14-10-9-13(17)15(18-14)20-11-12(4)5/h9-10,12H,6-8,11,17H2,1-5H3,(H,18,19). The number of hydrogen-bond acceptors (Lipinski definition) is 4. The molecule has 0 unspecified atom stereocenters. The number of nitrogens with zero attached hydrogens (tertiary/aromatic N) is 1. The minimum atomic E-state index is 0.0957. The highest BCUT2D eigenvalue weighted by Crippen LogP contribution is 2.27. The van der Waals surface area contributed by atoms with Gasteiger partial charge in [0.2, 0.25) is 5.88 Å². The van der Waals surface area contributed by atoms with Crippen LogP contribution in [0.4, 0.5) is 11.5 Å². The molecule has 0 aliphatic carbocycles. The molecule has 1 heterocycles. The van der Waals surface area contributed by atoms with Crippen LogP contribution in [0.3, 0.4) is 0 Å². The van der Waals surface area contributed by atoms with Crippen LogP contribution in [0.5, 0.6) is 5.88 Å². The molecular formula is C16H29N3O. The summed E-state index contributed by atoms with van der Waals surface area (Å²) in [6.07, 6.45) is 3.19. The van der Waals surface area contributed by atoms with E-state index in [9.17, 15) is 0 Å². The maximum Gasteiger partial charge on any atom is 0.239 e. The highest BCUT2D eigenvalue weighted by atomic mass is 16.5. The van der Waals surface area contributed by atoms with E-state index in [1.165, 1.54) is 0 Å². The van der Waals surface area contributed by atoms with Crippen LogP contribution in [-0.4, -0.2) is 17.1 Å². The minimum absolute atomic E-state index is 0.0957. The van der Waals surface area contributed by atoms with Crippen molar-refractivity contribution in [1.29, 1.82) is 0 Å². The molecule has 0 bridgehead atoms. The summed E-state index contributed by atoms with van der Waals surface area (Å²) < 4.78 is 5.68. The van der Waals surface area contributed by atoms with E-state index in [2.05, 4.69) is 44.9 Å². The van der Waals surface area contributed by atoms with E-state index in [0.29, 0.717) is 24.1 Å². The minimum Gasteiger partial charge on any atom is -0.476 e. The van der Waals surface area contributed by atoms with Crippen molar-refractivity contribution in [3.05, 3.63) is 12.1 Å². The van der Waals surface area contributed by atoms with Gasteiger partial charge in [0, 0.05) is 5.54 Å². The lowest BCUT2D eigenvalue weighted by Gasteiger charge is -2.32. The third kappa shape index (κ3) is 4.29. The van der Waals surface area contributed by atoms with Gasteiger partial charge in [-0.3, -0.25) is 0 Å². The second kappa shape index (κ2) is 7.36. The molecule has 114 valence electrons. The van der Waals surface area contributed by atoms with Gasteiger partial charge in [-0.25, -0.2) is 0 Å². The number of hydrogen-bond donors (Lipinski definition) is 2. The van der Waals surface area contributed by atoms with Gasteiger partial charge in [-0.15, -0.1) is 0 Å². The third-order valence-electron chi connectivity index (χ3n) is 3.87. The van der Waals surface area contributed by atoms with Crippen molar-refractivity contribution in [3.8, 4) is 5.88 Å². The molecule has 0 atom stereocenters. The van der Waals surface area contributed by atoms with Gasteiger partial charge < -0.3 is 15.8 Å². The normalized spacial score (nSPS) is 11.7. The van der Waals surface area contributed by atoms with Gasteiger partial charge in [-0.2, -0.15) is 4.98 Å². The molecule has 0 aromatic carbocycles. The van der Waals surface area contributed by atoms with Crippen LogP contribution in [0.2, 0.25) is 0 Å². The fourth-order valence-corrected chi connectivity index (χ4v) is 2.17. The second-order valence-corrected chi connectivity index (χ2v) is 5.76. The highest BCUT2D eigenvalue weighted by molar-refractivity contribution is 5.54. The number of pyridine rings is 1. The molecule has 0 spiro atoms. The SMILES string of the molecule is CCC(CC)(CC)Nc1ccc(N)c(OCC(C)C)n1. The zero-order valence-corrected chi connectivity index (χ0v) is 13.5. The fraction of sp³-hybridized carbons (Fsp3) is 0.688. The maximum absolute atomic E-state index is 5.92. The summed E-state index contributed by atoms with van der Waals surface area (Å²) in [6, 6.07) is 3.78. The van der Waals surface area contributed by atoms with Gasteiger partial charge in [0.25, 0.3) is 0 Å². The lowest BCUT2D eigenvalue weighted by Crippen LogP contribution is -2.36. The van der Waals surface area contributed by atoms with Crippen LogP contribution < -0.4 is 15.8 Å². The first kappa shape index (κ1) is 16.6. The Balaban J connectivity index is 2.88. The van der Waals surface area contributed by atoms with E-state index < -0.39 is 0 Å². The van der Waals surface area contributed by atoms with Crippen LogP contribution in [0, 0.1) is 5.92 Å². The largest absolute Gasteiger partial charge is 0.476 e. The lowest BCUT2D eigenvalue weighted by atomic mass is 9.90. The molecule has 3 N–H and O–H groups in total. The summed E-state index contributed by atoms with van der Waals surface area (Å²) in [5.74, 6) is 1.82. The van der Waals surface area contributed by atoms with Crippen molar-refractivity contribution in [3.63, 3.8) is 0 Å². The Morgan fingerprint density at radius 2 is 1.80 bits per heavy atom. The molecule has 4 heteroatoms. The van der Waals surface area contributed by atoms with E-state index in [4.69, 9.17) is 10.5 Å². The third-order valence-corrected chi connectivity index (χ3v) is 3.87. The molecule has 0 amide bonds. The summed E-state index contributed by atoms with van der Waals surface area (Å²) in [7, 11) is 0. The zero-order valence-electron chi connectivity index (χ0n) is 13.5. The van der Waals surface area contributed by atoms with Crippen LogP contribution in [0.25, 0.3) is 0 Å². The topological polar surface area (TPSA) is 60.2 Å². The number of nitrogen functional groups attached to an aromatic ring is 1. The zero-order chi connectivity index (χ0) is 15.2. The van der Waals surface area contributed by atoms with Gasteiger partial charge >= 0.3 is 0 Å². The molecule has 0 saturated heterocycles. The van der Waals surface area contributed by atoms with Gasteiger partial charge in [-0.05, 0) is 37.3 Å². The highest BCUT2D eigenvalue weighted by Gasteiger charge is 2.24. The van der Waals surface area contributed by atoms with Gasteiger partial charge in [-0.1, -0.05) is 34.6 Å². The molecule has 0 saturated carbocycles. The number of nitrogens with one attached hydrogen (secondary N) is 1. The first-order chi connectivity index (χ1) is 9.46. The predicted molar refractivity (Wildman–Crippen MR) is 86.2 cm³/mol. The summed E-state index contributed by atoms with van der Waals surface area (Å²) >= 11 is 0. The molecule has 1 aromatic rings. The summed E-state index contributed by atoms with van der Waals surface area (Å²) in [5.41, 5.74) is 6.61. The summed E-state index contributed by atoms with van der Waals surface area (Å²) in [5, 5.41) is 3.55. The number of aromatic nitrogens is 1. The number of ether oxygens (including phenoxy) is 1. The van der Waals surface area contributed by atoms with Crippen LogP contribution >= 0.6 is 0 Å². The van der Waals surface area contributed by atoms with E-state index in [1.54, 1.807) is 0 Å². The van der Waals surface area contributed by atoms with E-state index in [0.717, 1.165) is 25.1 Å². The summed E-state index contributed by atoms with van der Waals surface area (Å²) in [6.45, 7) is 11.4. The Morgan fingerprint density at radius 3 is 2.30 bits per heavy atom. The van der Waals surface area contributed by atoms with E-state index >= 15 is 0 Å². The Bertz CT molecular complexity index is 406. The Morgan fingerprint density at radius 1 is 1.20 bits per heavy atom. The molecule has 0 fully saturated rings. The molecular weight excluding hydrogens is 250 g/mol. The average Bonchev–Trinajstić information content (AvgIpc) is 2.45. The average molecular weight is 279 g/mol. The molecule has 0 radical (unpaired) electrons. The Kier molecular flexibility index (Phi) is 6.11. The smallest absolute Gasteiger partial charge is 0.239 e. The van der Waals surface area contributed by atoms with Gasteiger partial charge in [0.15, 0.2) is 0 Å². The quantitative estimate of drug-likeness (QED) is 0.752. The molecule has 0 aliphatic heterocycles. The summed E-state index contributed by atoms with van der Waals surface area (Å²) in [4.78, 5) is 4.51. The maximum atomic E-state index is 5.92. The van der Waals surface area contributed by atoms with Crippen LogP contribution in [-0.2, 0) is 0 Å². The predicted octanol–water partition coefficient (Wildman–Crippen LogP) is 4.08. The van der Waals surface area contributed by atoms with Crippen molar-refractivity contribution in [1.82, 2.24) is 4.98 Å². The van der Waals surface area contributed by atoms with Crippen molar-refractivity contribution in [2.75, 3.05) is 17.7 Å². The van der Waals surface area contributed by atoms with E-state index in [-0.39, 0.29) is 5.54 Å². The monoisotopic (exact) mass is 279 g/mol. The van der Waals surface area contributed by atoms with Crippen LogP contribution in [0.15, 0.2) is 12.1 Å². The van der Waals surface area contributed by atoms with Crippen LogP contribution in [0.1, 0.15) is 53.9 Å². The van der Waals surface area contributed by atoms with Crippen molar-refractivity contribution >= 4 is 11.5 Å². The number of rotatable bonds is 8. The van der Waals surface area contributed by atoms with Gasteiger partial charge in [0.05, 0.1) is 12.3 Å². The molecule has 20 heavy (non-hydrogen) atoms. The molecule has 0 aliphatic rings. The van der Waals surface area contributed by atoms with E-state index in [1.807, 2.05) is 12.1 Å². The second-order valence-electron chi connectivity index (χ2n) is 5.76. The van der Waals surface area contributed by atoms with Gasteiger partial charge in [0.1, 0.15) is 5.82 Å². The molecule has 1 aromatic heterocycles. The van der Waals surface area contributed by atoms with Crippen molar-refractivity contribution in [2.24, 2.45) is 5.92 Å². The Hall–Kier alpha value is -1.45. The number of anilines is 2. The Labute approximate surface area is 123 Å². The number of nitrogens with two attached hydrogens (primary N) is 1. The lowest BCUT2D eigenvalue weighted by molar-refractivity contribution is 0.263. The molecule has 4 nitrogen and oxygen atoms in total. The fourth-order valence-electron chi connectivity index (χ4n) is 2.17. The molecule has 1 rings (SSSR count). The van der Waals surface area contributed by atoms with Crippen molar-refractivity contribution in [2.45, 2.75) is 59.4 Å². The first-order valence-corrected chi connectivity index (χ1v) is 7.63. The first-order valence-electron chi connectivity index (χ1n) is 7.63.